The summed E-state index contributed by atoms with van der Waals surface area (Å²) in [6.45, 7) is 0.288. The molecule has 26 heavy (non-hydrogen) atoms. The highest BCUT2D eigenvalue weighted by atomic mass is 16.5. The molecule has 0 atom stereocenters. The second-order valence-corrected chi connectivity index (χ2v) is 5.96. The Hall–Kier alpha value is -3.53. The van der Waals surface area contributed by atoms with E-state index in [1.54, 1.807) is 30.7 Å². The number of furan rings is 1. The Morgan fingerprint density at radius 1 is 0.962 bits per heavy atom. The molecule has 0 bridgehead atoms. The highest BCUT2D eigenvalue weighted by Crippen LogP contribution is 2.29. The number of carboxylic acid groups (broad SMARTS) is 1. The van der Waals surface area contributed by atoms with Crippen molar-refractivity contribution >= 4 is 16.7 Å². The summed E-state index contributed by atoms with van der Waals surface area (Å²) in [7, 11) is 0. The van der Waals surface area contributed by atoms with E-state index in [-0.39, 0.29) is 12.2 Å². The van der Waals surface area contributed by atoms with Crippen molar-refractivity contribution in [1.82, 2.24) is 0 Å². The second-order valence-electron chi connectivity index (χ2n) is 5.96. The Morgan fingerprint density at radius 2 is 1.81 bits per heavy atom. The predicted octanol–water partition coefficient (Wildman–Crippen LogP) is 5.38. The summed E-state index contributed by atoms with van der Waals surface area (Å²) < 4.78 is 11.0. The first-order valence-corrected chi connectivity index (χ1v) is 8.22. The molecule has 3 aromatic carbocycles. The van der Waals surface area contributed by atoms with Gasteiger partial charge in [0, 0.05) is 5.56 Å². The highest BCUT2D eigenvalue weighted by molar-refractivity contribution is 5.92. The van der Waals surface area contributed by atoms with Crippen molar-refractivity contribution in [1.29, 1.82) is 0 Å². The maximum absolute atomic E-state index is 11.5. The average molecular weight is 344 g/mol. The Morgan fingerprint density at radius 3 is 2.62 bits per heavy atom. The Balaban J connectivity index is 1.68. The minimum absolute atomic E-state index is 0.137. The van der Waals surface area contributed by atoms with Crippen molar-refractivity contribution in [3.05, 3.63) is 90.4 Å². The lowest BCUT2D eigenvalue weighted by Crippen LogP contribution is -2.04. The molecule has 0 aliphatic carbocycles. The molecule has 1 heterocycles. The summed E-state index contributed by atoms with van der Waals surface area (Å²) in [5.41, 5.74) is 2.86. The Kier molecular flexibility index (Phi) is 4.15. The molecule has 0 amide bonds. The first-order valence-electron chi connectivity index (χ1n) is 8.22. The van der Waals surface area contributed by atoms with E-state index < -0.39 is 5.97 Å². The fourth-order valence-electron chi connectivity index (χ4n) is 3.00. The monoisotopic (exact) mass is 344 g/mol. The zero-order chi connectivity index (χ0) is 17.9. The fourth-order valence-corrected chi connectivity index (χ4v) is 3.00. The van der Waals surface area contributed by atoms with Crippen LogP contribution in [0.25, 0.3) is 21.9 Å². The van der Waals surface area contributed by atoms with Crippen LogP contribution in [-0.2, 0) is 6.61 Å². The van der Waals surface area contributed by atoms with Crippen LogP contribution in [0.4, 0.5) is 0 Å². The minimum Gasteiger partial charge on any atom is -0.488 e. The van der Waals surface area contributed by atoms with Crippen LogP contribution >= 0.6 is 0 Å². The van der Waals surface area contributed by atoms with Gasteiger partial charge < -0.3 is 14.3 Å². The smallest absolute Gasteiger partial charge is 0.339 e. The molecule has 0 aliphatic rings. The normalized spacial score (nSPS) is 10.8. The van der Waals surface area contributed by atoms with Gasteiger partial charge in [0.15, 0.2) is 0 Å². The third-order valence-electron chi connectivity index (χ3n) is 4.33. The number of aromatic carboxylic acids is 1. The second kappa shape index (κ2) is 6.76. The number of carboxylic acids is 1. The number of carbonyl (C=O) groups is 1. The highest BCUT2D eigenvalue weighted by Gasteiger charge is 2.14. The van der Waals surface area contributed by atoms with Crippen LogP contribution in [-0.4, -0.2) is 11.1 Å². The molecular formula is C22H16O4. The van der Waals surface area contributed by atoms with E-state index in [1.807, 2.05) is 48.5 Å². The van der Waals surface area contributed by atoms with Gasteiger partial charge in [-0.3, -0.25) is 0 Å². The molecule has 4 nitrogen and oxygen atoms in total. The van der Waals surface area contributed by atoms with Crippen molar-refractivity contribution in [2.45, 2.75) is 6.61 Å². The van der Waals surface area contributed by atoms with Gasteiger partial charge in [0.2, 0.25) is 0 Å². The van der Waals surface area contributed by atoms with Gasteiger partial charge >= 0.3 is 5.97 Å². The van der Waals surface area contributed by atoms with Gasteiger partial charge in [0.05, 0.1) is 12.5 Å². The number of fused-ring (bicyclic) bond motifs is 1. The van der Waals surface area contributed by atoms with Crippen LogP contribution in [0.5, 0.6) is 5.75 Å². The SMILES string of the molecule is O=C(O)c1ccc(-c2ccoc2)cc1OCc1cccc2ccccc12. The predicted molar refractivity (Wildman–Crippen MR) is 99.4 cm³/mol. The van der Waals surface area contributed by atoms with Crippen LogP contribution < -0.4 is 4.74 Å². The molecule has 0 spiro atoms. The van der Waals surface area contributed by atoms with Gasteiger partial charge in [-0.25, -0.2) is 4.79 Å². The number of benzene rings is 3. The standard InChI is InChI=1S/C22H16O4/c23-22(24)20-9-8-16(17-10-11-25-13-17)12-21(20)26-14-18-6-3-5-15-4-1-2-7-19(15)18/h1-13H,14H2,(H,23,24). The molecule has 0 unspecified atom stereocenters. The molecule has 0 saturated heterocycles. The number of ether oxygens (including phenoxy) is 1. The first kappa shape index (κ1) is 16.0. The van der Waals surface area contributed by atoms with Crippen molar-refractivity contribution in [3.8, 4) is 16.9 Å². The largest absolute Gasteiger partial charge is 0.488 e. The van der Waals surface area contributed by atoms with Gasteiger partial charge in [-0.15, -0.1) is 0 Å². The van der Waals surface area contributed by atoms with Crippen LogP contribution in [0.2, 0.25) is 0 Å². The van der Waals surface area contributed by atoms with Gasteiger partial charge in [-0.1, -0.05) is 48.5 Å². The van der Waals surface area contributed by atoms with E-state index >= 15 is 0 Å². The third-order valence-corrected chi connectivity index (χ3v) is 4.33. The third kappa shape index (κ3) is 3.05. The van der Waals surface area contributed by atoms with Crippen LogP contribution in [0.3, 0.4) is 0 Å². The van der Waals surface area contributed by atoms with Crippen molar-refractivity contribution in [3.63, 3.8) is 0 Å². The first-order chi connectivity index (χ1) is 12.7. The summed E-state index contributed by atoms with van der Waals surface area (Å²) >= 11 is 0. The van der Waals surface area contributed by atoms with Gasteiger partial charge in [0.25, 0.3) is 0 Å². The van der Waals surface area contributed by atoms with Gasteiger partial charge in [-0.2, -0.15) is 0 Å². The van der Waals surface area contributed by atoms with Crippen LogP contribution in [0.15, 0.2) is 83.7 Å². The van der Waals surface area contributed by atoms with Crippen molar-refractivity contribution in [2.75, 3.05) is 0 Å². The lowest BCUT2D eigenvalue weighted by molar-refractivity contribution is 0.0692. The van der Waals surface area contributed by atoms with E-state index in [0.717, 1.165) is 27.5 Å². The van der Waals surface area contributed by atoms with Gasteiger partial charge in [0.1, 0.15) is 17.9 Å². The molecule has 0 radical (unpaired) electrons. The Bertz CT molecular complexity index is 1060. The van der Waals surface area contributed by atoms with E-state index in [2.05, 4.69) is 0 Å². The van der Waals surface area contributed by atoms with E-state index in [1.165, 1.54) is 0 Å². The maximum Gasteiger partial charge on any atom is 0.339 e. The molecule has 4 heteroatoms. The lowest BCUT2D eigenvalue weighted by atomic mass is 10.0. The van der Waals surface area contributed by atoms with Crippen LogP contribution in [0.1, 0.15) is 15.9 Å². The maximum atomic E-state index is 11.5. The molecule has 4 rings (SSSR count). The molecule has 1 aromatic heterocycles. The van der Waals surface area contributed by atoms with Gasteiger partial charge in [-0.05, 0) is 40.1 Å². The zero-order valence-electron chi connectivity index (χ0n) is 13.9. The number of rotatable bonds is 5. The Labute approximate surface area is 150 Å². The molecule has 0 aliphatic heterocycles. The summed E-state index contributed by atoms with van der Waals surface area (Å²) in [5, 5.41) is 11.7. The van der Waals surface area contributed by atoms with Crippen molar-refractivity contribution < 1.29 is 19.1 Å². The quantitative estimate of drug-likeness (QED) is 0.528. The fraction of sp³-hybridized carbons (Fsp3) is 0.0455. The summed E-state index contributed by atoms with van der Waals surface area (Å²) in [6.07, 6.45) is 3.20. The number of hydrogen-bond donors (Lipinski definition) is 1. The summed E-state index contributed by atoms with van der Waals surface area (Å²) in [4.78, 5) is 11.5. The lowest BCUT2D eigenvalue weighted by Gasteiger charge is -2.12. The molecular weight excluding hydrogens is 328 g/mol. The summed E-state index contributed by atoms with van der Waals surface area (Å²) in [6, 6.07) is 20.9. The van der Waals surface area contributed by atoms with Crippen LogP contribution in [0, 0.1) is 0 Å². The summed E-state index contributed by atoms with van der Waals surface area (Å²) in [5.74, 6) is -0.680. The van der Waals surface area contributed by atoms with E-state index in [4.69, 9.17) is 9.15 Å². The molecule has 0 saturated carbocycles. The minimum atomic E-state index is -1.02. The molecule has 1 N–H and O–H groups in total. The average Bonchev–Trinajstić information content (AvgIpc) is 3.21. The number of hydrogen-bond acceptors (Lipinski definition) is 3. The molecule has 4 aromatic rings. The van der Waals surface area contributed by atoms with Crippen molar-refractivity contribution in [2.24, 2.45) is 0 Å². The zero-order valence-corrected chi connectivity index (χ0v) is 13.9. The molecule has 128 valence electrons. The molecule has 0 fully saturated rings. The van der Waals surface area contributed by atoms with E-state index in [0.29, 0.717) is 5.75 Å². The topological polar surface area (TPSA) is 59.7 Å². The van der Waals surface area contributed by atoms with E-state index in [9.17, 15) is 9.90 Å².